The first-order valence-electron chi connectivity index (χ1n) is 4.62. The summed E-state index contributed by atoms with van der Waals surface area (Å²) in [4.78, 5) is 21.9. The maximum Gasteiger partial charge on any atom is 0.325 e. The number of carbonyl (C=O) groups is 2. The summed E-state index contributed by atoms with van der Waals surface area (Å²) in [6.45, 7) is 1.57. The van der Waals surface area contributed by atoms with Crippen molar-refractivity contribution in [2.45, 2.75) is 18.7 Å². The fraction of sp³-hybridized carbons (Fsp3) is 0.444. The van der Waals surface area contributed by atoms with Gasteiger partial charge in [-0.05, 0) is 13.2 Å². The van der Waals surface area contributed by atoms with Gasteiger partial charge in [-0.3, -0.25) is 14.3 Å². The molecule has 0 aliphatic carbocycles. The minimum atomic E-state index is -0.974. The van der Waals surface area contributed by atoms with Crippen molar-refractivity contribution in [3.05, 3.63) is 12.3 Å². The predicted octanol–water partition coefficient (Wildman–Crippen LogP) is 0.658. The number of carboxylic acid groups (broad SMARTS) is 1. The number of nitrogens with one attached hydrogen (secondary N) is 1. The van der Waals surface area contributed by atoms with Crippen molar-refractivity contribution in [3.63, 3.8) is 0 Å². The lowest BCUT2D eigenvalue weighted by Gasteiger charge is -2.06. The molecule has 1 amide bonds. The van der Waals surface area contributed by atoms with Crippen LogP contribution in [0.2, 0.25) is 0 Å². The van der Waals surface area contributed by atoms with E-state index in [9.17, 15) is 9.59 Å². The van der Waals surface area contributed by atoms with Crippen LogP contribution < -0.4 is 5.32 Å². The van der Waals surface area contributed by atoms with Crippen LogP contribution in [0.15, 0.2) is 12.3 Å². The standard InChI is InChI=1S/C9H13N3O3S/c1-6(16-2)9(15)10-7-3-4-12(11-7)5-8(13)14/h3-4,6H,5H2,1-2H3,(H,13,14)(H,10,11,15). The largest absolute Gasteiger partial charge is 0.480 e. The maximum atomic E-state index is 11.5. The molecule has 0 saturated carbocycles. The number of aromatic nitrogens is 2. The Morgan fingerprint density at radius 1 is 1.69 bits per heavy atom. The van der Waals surface area contributed by atoms with Gasteiger partial charge in [0.1, 0.15) is 6.54 Å². The first-order chi connectivity index (χ1) is 7.52. The SMILES string of the molecule is CSC(C)C(=O)Nc1ccn(CC(=O)O)n1. The fourth-order valence-corrected chi connectivity index (χ4v) is 1.26. The molecule has 0 fully saturated rings. The Hall–Kier alpha value is -1.50. The zero-order valence-corrected chi connectivity index (χ0v) is 9.82. The van der Waals surface area contributed by atoms with Crippen LogP contribution in [-0.4, -0.2) is 38.3 Å². The number of carboxylic acids is 1. The second kappa shape index (κ2) is 5.55. The normalized spacial score (nSPS) is 12.1. The van der Waals surface area contributed by atoms with E-state index in [1.165, 1.54) is 22.6 Å². The van der Waals surface area contributed by atoms with Crippen LogP contribution in [0.1, 0.15) is 6.92 Å². The molecule has 1 rings (SSSR count). The molecule has 1 aromatic rings. The van der Waals surface area contributed by atoms with Crippen LogP contribution in [0.3, 0.4) is 0 Å². The van der Waals surface area contributed by atoms with E-state index >= 15 is 0 Å². The van der Waals surface area contributed by atoms with Gasteiger partial charge >= 0.3 is 5.97 Å². The second-order valence-electron chi connectivity index (χ2n) is 3.16. The van der Waals surface area contributed by atoms with Gasteiger partial charge in [0.2, 0.25) is 5.91 Å². The fourth-order valence-electron chi connectivity index (χ4n) is 0.990. The number of rotatable bonds is 5. The summed E-state index contributed by atoms with van der Waals surface area (Å²) in [5, 5.41) is 14.9. The van der Waals surface area contributed by atoms with E-state index in [0.29, 0.717) is 5.82 Å². The number of anilines is 1. The molecule has 16 heavy (non-hydrogen) atoms. The molecule has 0 spiro atoms. The van der Waals surface area contributed by atoms with Crippen LogP contribution in [0, 0.1) is 0 Å². The van der Waals surface area contributed by atoms with Crippen molar-refractivity contribution < 1.29 is 14.7 Å². The minimum Gasteiger partial charge on any atom is -0.480 e. The van der Waals surface area contributed by atoms with E-state index in [1.54, 1.807) is 13.0 Å². The Morgan fingerprint density at radius 3 is 2.94 bits per heavy atom. The highest BCUT2D eigenvalue weighted by Gasteiger charge is 2.12. The van der Waals surface area contributed by atoms with Crippen LogP contribution >= 0.6 is 11.8 Å². The van der Waals surface area contributed by atoms with Crippen molar-refractivity contribution in [2.75, 3.05) is 11.6 Å². The molecule has 7 heteroatoms. The van der Waals surface area contributed by atoms with E-state index in [0.717, 1.165) is 0 Å². The van der Waals surface area contributed by atoms with Gasteiger partial charge in [0.15, 0.2) is 5.82 Å². The second-order valence-corrected chi connectivity index (χ2v) is 4.34. The number of hydrogen-bond donors (Lipinski definition) is 2. The predicted molar refractivity (Wildman–Crippen MR) is 61.5 cm³/mol. The molecule has 0 aliphatic heterocycles. The molecule has 88 valence electrons. The first kappa shape index (κ1) is 12.6. The van der Waals surface area contributed by atoms with Gasteiger partial charge in [-0.2, -0.15) is 16.9 Å². The molecule has 0 aliphatic rings. The van der Waals surface area contributed by atoms with Gasteiger partial charge in [-0.1, -0.05) is 0 Å². The van der Waals surface area contributed by atoms with Gasteiger partial charge in [0.05, 0.1) is 5.25 Å². The van der Waals surface area contributed by atoms with E-state index in [1.807, 2.05) is 6.26 Å². The molecule has 2 N–H and O–H groups in total. The number of aliphatic carboxylic acids is 1. The lowest BCUT2D eigenvalue weighted by Crippen LogP contribution is -2.22. The van der Waals surface area contributed by atoms with Crippen LogP contribution in [0.5, 0.6) is 0 Å². The summed E-state index contributed by atoms with van der Waals surface area (Å²) >= 11 is 1.43. The van der Waals surface area contributed by atoms with Crippen molar-refractivity contribution in [2.24, 2.45) is 0 Å². The molecule has 0 aromatic carbocycles. The third-order valence-electron chi connectivity index (χ3n) is 1.91. The molecule has 0 saturated heterocycles. The topological polar surface area (TPSA) is 84.2 Å². The van der Waals surface area contributed by atoms with Crippen molar-refractivity contribution >= 4 is 29.5 Å². The van der Waals surface area contributed by atoms with Gasteiger partial charge in [-0.25, -0.2) is 0 Å². The van der Waals surface area contributed by atoms with E-state index in [-0.39, 0.29) is 17.7 Å². The number of amides is 1. The molecule has 0 radical (unpaired) electrons. The number of thioether (sulfide) groups is 1. The summed E-state index contributed by atoms with van der Waals surface area (Å²) in [6, 6.07) is 1.56. The number of carbonyl (C=O) groups excluding carboxylic acids is 1. The zero-order valence-electron chi connectivity index (χ0n) is 9.01. The maximum absolute atomic E-state index is 11.5. The molecule has 6 nitrogen and oxygen atoms in total. The van der Waals surface area contributed by atoms with Gasteiger partial charge < -0.3 is 10.4 Å². The minimum absolute atomic E-state index is 0.145. The third kappa shape index (κ3) is 3.58. The smallest absolute Gasteiger partial charge is 0.325 e. The number of nitrogens with zero attached hydrogens (tertiary/aromatic N) is 2. The summed E-state index contributed by atoms with van der Waals surface area (Å²) in [6.07, 6.45) is 3.35. The Bertz CT molecular complexity index is 391. The highest BCUT2D eigenvalue weighted by Crippen LogP contribution is 2.09. The molecule has 1 heterocycles. The average molecular weight is 243 g/mol. The molecule has 1 unspecified atom stereocenters. The van der Waals surface area contributed by atoms with Gasteiger partial charge in [-0.15, -0.1) is 0 Å². The van der Waals surface area contributed by atoms with Crippen LogP contribution in [0.25, 0.3) is 0 Å². The Balaban J connectivity index is 2.58. The van der Waals surface area contributed by atoms with E-state index < -0.39 is 5.97 Å². The summed E-state index contributed by atoms with van der Waals surface area (Å²) in [5.41, 5.74) is 0. The zero-order chi connectivity index (χ0) is 12.1. The Labute approximate surface area is 97.0 Å². The Kier molecular flexibility index (Phi) is 4.36. The lowest BCUT2D eigenvalue weighted by atomic mass is 10.4. The van der Waals surface area contributed by atoms with Crippen LogP contribution in [-0.2, 0) is 16.1 Å². The van der Waals surface area contributed by atoms with Crippen molar-refractivity contribution in [1.29, 1.82) is 0 Å². The van der Waals surface area contributed by atoms with Crippen molar-refractivity contribution in [3.8, 4) is 0 Å². The number of hydrogen-bond acceptors (Lipinski definition) is 4. The quantitative estimate of drug-likeness (QED) is 0.793. The lowest BCUT2D eigenvalue weighted by molar-refractivity contribution is -0.137. The monoisotopic (exact) mass is 243 g/mol. The average Bonchev–Trinajstić information content (AvgIpc) is 2.63. The van der Waals surface area contributed by atoms with E-state index in [2.05, 4.69) is 10.4 Å². The molecular formula is C9H13N3O3S. The summed E-state index contributed by atoms with van der Waals surface area (Å²) in [7, 11) is 0. The van der Waals surface area contributed by atoms with Crippen LogP contribution in [0.4, 0.5) is 5.82 Å². The molecule has 0 bridgehead atoms. The van der Waals surface area contributed by atoms with Crippen molar-refractivity contribution in [1.82, 2.24) is 9.78 Å². The third-order valence-corrected chi connectivity index (χ3v) is 2.83. The highest BCUT2D eigenvalue weighted by molar-refractivity contribution is 7.99. The van der Waals surface area contributed by atoms with E-state index in [4.69, 9.17) is 5.11 Å². The summed E-state index contributed by atoms with van der Waals surface area (Å²) < 4.78 is 1.25. The van der Waals surface area contributed by atoms with Gasteiger partial charge in [0, 0.05) is 12.3 Å². The van der Waals surface area contributed by atoms with Gasteiger partial charge in [0.25, 0.3) is 0 Å². The molecular weight excluding hydrogens is 230 g/mol. The molecule has 1 atom stereocenters. The Morgan fingerprint density at radius 2 is 2.38 bits per heavy atom. The first-order valence-corrected chi connectivity index (χ1v) is 5.90. The summed E-state index contributed by atoms with van der Waals surface area (Å²) in [5.74, 6) is -0.751. The highest BCUT2D eigenvalue weighted by atomic mass is 32.2. The molecule has 1 aromatic heterocycles.